The lowest BCUT2D eigenvalue weighted by atomic mass is 10.3. The van der Waals surface area contributed by atoms with Crippen LogP contribution in [0.2, 0.25) is 0 Å². The number of ether oxygens (including phenoxy) is 1. The molecule has 19 heavy (non-hydrogen) atoms. The molecule has 0 saturated heterocycles. The summed E-state index contributed by atoms with van der Waals surface area (Å²) in [6.45, 7) is 7.15. The number of rotatable bonds is 7. The summed E-state index contributed by atoms with van der Waals surface area (Å²) in [5, 5.41) is 2.76. The fourth-order valence-corrected chi connectivity index (χ4v) is 1.55. The molecule has 1 rings (SSSR count). The molecule has 0 amide bonds. The summed E-state index contributed by atoms with van der Waals surface area (Å²) < 4.78 is 32.5. The number of pyridine rings is 1. The van der Waals surface area contributed by atoms with Crippen molar-refractivity contribution in [2.45, 2.75) is 26.9 Å². The Morgan fingerprint density at radius 3 is 2.63 bits per heavy atom. The summed E-state index contributed by atoms with van der Waals surface area (Å²) in [7, 11) is 1.70. The molecule has 1 heterocycles. The lowest BCUT2D eigenvalue weighted by molar-refractivity contribution is 0.0845. The van der Waals surface area contributed by atoms with Gasteiger partial charge in [-0.1, -0.05) is 0 Å². The van der Waals surface area contributed by atoms with Crippen LogP contribution in [0.4, 0.5) is 20.4 Å². The quantitative estimate of drug-likeness (QED) is 0.828. The second kappa shape index (κ2) is 7.23. The first-order chi connectivity index (χ1) is 8.95. The molecule has 1 N–H and O–H groups in total. The molecule has 0 atom stereocenters. The van der Waals surface area contributed by atoms with Gasteiger partial charge in [0, 0.05) is 26.2 Å². The van der Waals surface area contributed by atoms with E-state index in [0.29, 0.717) is 19.7 Å². The maximum atomic E-state index is 13.7. The maximum absolute atomic E-state index is 13.7. The Balaban J connectivity index is 2.77. The Labute approximate surface area is 112 Å². The van der Waals surface area contributed by atoms with Crippen LogP contribution in [0.5, 0.6) is 0 Å². The molecule has 4 nitrogen and oxygen atoms in total. The fourth-order valence-electron chi connectivity index (χ4n) is 1.55. The van der Waals surface area contributed by atoms with Crippen LogP contribution in [0.1, 0.15) is 20.8 Å². The van der Waals surface area contributed by atoms with Gasteiger partial charge in [-0.3, -0.25) is 0 Å². The molecule has 0 spiro atoms. The van der Waals surface area contributed by atoms with Crippen molar-refractivity contribution in [1.82, 2.24) is 4.98 Å². The number of hydrogen-bond donors (Lipinski definition) is 1. The Morgan fingerprint density at radius 2 is 2.05 bits per heavy atom. The molecule has 0 unspecified atom stereocenters. The average Bonchev–Trinajstić information content (AvgIpc) is 2.32. The molecule has 0 aliphatic carbocycles. The summed E-state index contributed by atoms with van der Waals surface area (Å²) >= 11 is 0. The van der Waals surface area contributed by atoms with Crippen molar-refractivity contribution in [2.75, 3.05) is 37.0 Å². The van der Waals surface area contributed by atoms with Crippen LogP contribution in [-0.4, -0.2) is 37.8 Å². The number of halogens is 2. The third kappa shape index (κ3) is 4.63. The van der Waals surface area contributed by atoms with Gasteiger partial charge < -0.3 is 15.0 Å². The molecule has 0 saturated carbocycles. The van der Waals surface area contributed by atoms with E-state index in [1.807, 2.05) is 20.8 Å². The van der Waals surface area contributed by atoms with Gasteiger partial charge in [-0.15, -0.1) is 0 Å². The third-order valence-electron chi connectivity index (χ3n) is 2.49. The maximum Gasteiger partial charge on any atom is 0.168 e. The molecule has 108 valence electrons. The highest BCUT2D eigenvalue weighted by molar-refractivity contribution is 5.48. The minimum absolute atomic E-state index is 0.0653. The van der Waals surface area contributed by atoms with E-state index in [1.165, 1.54) is 0 Å². The van der Waals surface area contributed by atoms with Crippen LogP contribution in [0.3, 0.4) is 0 Å². The van der Waals surface area contributed by atoms with Gasteiger partial charge in [0.15, 0.2) is 23.3 Å². The van der Waals surface area contributed by atoms with Crippen LogP contribution in [0.15, 0.2) is 6.07 Å². The normalized spacial score (nSPS) is 10.9. The van der Waals surface area contributed by atoms with Crippen molar-refractivity contribution >= 4 is 11.6 Å². The summed E-state index contributed by atoms with van der Waals surface area (Å²) in [4.78, 5) is 5.58. The van der Waals surface area contributed by atoms with Crippen LogP contribution in [-0.2, 0) is 4.74 Å². The second-order valence-corrected chi connectivity index (χ2v) is 4.50. The van der Waals surface area contributed by atoms with Crippen molar-refractivity contribution < 1.29 is 13.5 Å². The number of hydrogen-bond acceptors (Lipinski definition) is 4. The molecule has 0 aromatic carbocycles. The van der Waals surface area contributed by atoms with Crippen molar-refractivity contribution in [3.05, 3.63) is 17.7 Å². The molecule has 0 aliphatic heterocycles. The van der Waals surface area contributed by atoms with E-state index in [0.717, 1.165) is 6.07 Å². The van der Waals surface area contributed by atoms with Crippen LogP contribution >= 0.6 is 0 Å². The van der Waals surface area contributed by atoms with Gasteiger partial charge in [-0.2, -0.15) is 0 Å². The van der Waals surface area contributed by atoms with E-state index < -0.39 is 11.6 Å². The molecule has 1 aromatic heterocycles. The largest absolute Gasteiger partial charge is 0.377 e. The van der Waals surface area contributed by atoms with Crippen molar-refractivity contribution in [3.8, 4) is 0 Å². The molecular formula is C13H21F2N3O. The van der Waals surface area contributed by atoms with Gasteiger partial charge in [0.2, 0.25) is 0 Å². The highest BCUT2D eigenvalue weighted by atomic mass is 19.1. The summed E-state index contributed by atoms with van der Waals surface area (Å²) in [6.07, 6.45) is 0.122. The molecule has 0 fully saturated rings. The molecule has 0 aliphatic rings. The molecular weight excluding hydrogens is 252 g/mol. The predicted octanol–water partition coefficient (Wildman–Crippen LogP) is 2.65. The van der Waals surface area contributed by atoms with Gasteiger partial charge in [0.25, 0.3) is 0 Å². The van der Waals surface area contributed by atoms with Crippen LogP contribution in [0, 0.1) is 11.6 Å². The topological polar surface area (TPSA) is 37.4 Å². The Bertz CT molecular complexity index is 413. The SMILES string of the molecule is CCNc1nc(N(C)CCOC(C)C)c(F)cc1F. The lowest BCUT2D eigenvalue weighted by Crippen LogP contribution is -2.26. The van der Waals surface area contributed by atoms with Gasteiger partial charge in [0.1, 0.15) is 0 Å². The summed E-state index contributed by atoms with van der Waals surface area (Å²) in [5.74, 6) is -1.18. The Hall–Kier alpha value is -1.43. The van der Waals surface area contributed by atoms with Crippen LogP contribution < -0.4 is 10.2 Å². The van der Waals surface area contributed by atoms with E-state index in [1.54, 1.807) is 11.9 Å². The van der Waals surface area contributed by atoms with E-state index in [2.05, 4.69) is 10.3 Å². The van der Waals surface area contributed by atoms with Crippen LogP contribution in [0.25, 0.3) is 0 Å². The predicted molar refractivity (Wildman–Crippen MR) is 72.7 cm³/mol. The lowest BCUT2D eigenvalue weighted by Gasteiger charge is -2.20. The first kappa shape index (κ1) is 15.6. The van der Waals surface area contributed by atoms with Gasteiger partial charge in [-0.05, 0) is 20.8 Å². The fraction of sp³-hybridized carbons (Fsp3) is 0.615. The summed E-state index contributed by atoms with van der Waals surface area (Å²) in [6, 6.07) is 0.847. The first-order valence-corrected chi connectivity index (χ1v) is 6.38. The highest BCUT2D eigenvalue weighted by Gasteiger charge is 2.14. The number of aromatic nitrogens is 1. The average molecular weight is 273 g/mol. The molecule has 0 bridgehead atoms. The van der Waals surface area contributed by atoms with E-state index in [-0.39, 0.29) is 17.7 Å². The molecule has 6 heteroatoms. The zero-order chi connectivity index (χ0) is 14.4. The van der Waals surface area contributed by atoms with E-state index in [4.69, 9.17) is 4.74 Å². The Kier molecular flexibility index (Phi) is 5.95. The van der Waals surface area contributed by atoms with Gasteiger partial charge in [-0.25, -0.2) is 13.8 Å². The minimum atomic E-state index is -0.685. The van der Waals surface area contributed by atoms with Crippen molar-refractivity contribution in [3.63, 3.8) is 0 Å². The van der Waals surface area contributed by atoms with E-state index >= 15 is 0 Å². The van der Waals surface area contributed by atoms with Gasteiger partial charge in [0.05, 0.1) is 12.7 Å². The zero-order valence-corrected chi connectivity index (χ0v) is 11.8. The van der Waals surface area contributed by atoms with Gasteiger partial charge >= 0.3 is 0 Å². The molecule has 1 aromatic rings. The van der Waals surface area contributed by atoms with Crippen molar-refractivity contribution in [1.29, 1.82) is 0 Å². The second-order valence-electron chi connectivity index (χ2n) is 4.50. The molecule has 0 radical (unpaired) electrons. The van der Waals surface area contributed by atoms with Crippen molar-refractivity contribution in [2.24, 2.45) is 0 Å². The number of nitrogens with zero attached hydrogens (tertiary/aromatic N) is 2. The standard InChI is InChI=1S/C13H21F2N3O/c1-5-16-12-10(14)8-11(15)13(17-12)18(4)6-7-19-9(2)3/h8-9H,5-7H2,1-4H3,(H,16,17). The summed E-state index contributed by atoms with van der Waals surface area (Å²) in [5.41, 5.74) is 0. The Morgan fingerprint density at radius 1 is 1.37 bits per heavy atom. The smallest absolute Gasteiger partial charge is 0.168 e. The minimum Gasteiger partial charge on any atom is -0.377 e. The van der Waals surface area contributed by atoms with E-state index in [9.17, 15) is 8.78 Å². The number of likely N-dealkylation sites (N-methyl/N-ethyl adjacent to an activating group) is 1. The first-order valence-electron chi connectivity index (χ1n) is 6.38. The highest BCUT2D eigenvalue weighted by Crippen LogP contribution is 2.21. The number of nitrogens with one attached hydrogen (secondary N) is 1. The zero-order valence-electron chi connectivity index (χ0n) is 11.8. The third-order valence-corrected chi connectivity index (χ3v) is 2.49. The number of anilines is 2. The monoisotopic (exact) mass is 273 g/mol.